The van der Waals surface area contributed by atoms with Crippen molar-refractivity contribution in [3.8, 4) is 16.9 Å². The van der Waals surface area contributed by atoms with Gasteiger partial charge in [0, 0.05) is 5.56 Å². The Balaban J connectivity index is 2.42. The van der Waals surface area contributed by atoms with Gasteiger partial charge < -0.3 is 4.74 Å². The van der Waals surface area contributed by atoms with Gasteiger partial charge in [0.25, 0.3) is 0 Å². The number of esters is 1. The number of hydrogen-bond acceptors (Lipinski definition) is 2. The van der Waals surface area contributed by atoms with Crippen molar-refractivity contribution in [2.45, 2.75) is 27.7 Å². The zero-order valence-corrected chi connectivity index (χ0v) is 12.4. The summed E-state index contributed by atoms with van der Waals surface area (Å²) < 4.78 is 5.58. The average Bonchev–Trinajstić information content (AvgIpc) is 2.40. The van der Waals surface area contributed by atoms with E-state index >= 15 is 0 Å². The van der Waals surface area contributed by atoms with E-state index in [-0.39, 0.29) is 5.97 Å². The lowest BCUT2D eigenvalue weighted by Gasteiger charge is -2.18. The van der Waals surface area contributed by atoms with Crippen LogP contribution in [0.5, 0.6) is 5.75 Å². The van der Waals surface area contributed by atoms with Crippen molar-refractivity contribution in [2.24, 2.45) is 5.41 Å². The number of carbonyl (C=O) groups excluding carboxylic acids is 1. The van der Waals surface area contributed by atoms with Crippen molar-refractivity contribution in [1.82, 2.24) is 0 Å². The first kappa shape index (κ1) is 14.3. The number of ether oxygens (including phenoxy) is 1. The van der Waals surface area contributed by atoms with Gasteiger partial charge in [0.05, 0.1) is 5.41 Å². The predicted octanol–water partition coefficient (Wildman–Crippen LogP) is 4.61. The van der Waals surface area contributed by atoms with Gasteiger partial charge in [-0.05, 0) is 45.4 Å². The Labute approximate surface area is 120 Å². The Morgan fingerprint density at radius 1 is 1.00 bits per heavy atom. The van der Waals surface area contributed by atoms with Gasteiger partial charge in [-0.2, -0.15) is 0 Å². The molecule has 2 aromatic rings. The van der Waals surface area contributed by atoms with Gasteiger partial charge in [-0.1, -0.05) is 42.0 Å². The van der Waals surface area contributed by atoms with Gasteiger partial charge >= 0.3 is 5.97 Å². The van der Waals surface area contributed by atoms with Gasteiger partial charge in [-0.3, -0.25) is 4.79 Å². The second kappa shape index (κ2) is 5.49. The molecule has 0 fully saturated rings. The molecule has 20 heavy (non-hydrogen) atoms. The first-order valence-electron chi connectivity index (χ1n) is 6.76. The Bertz CT molecular complexity index is 607. The van der Waals surface area contributed by atoms with E-state index in [1.165, 1.54) is 0 Å². The quantitative estimate of drug-likeness (QED) is 0.587. The lowest BCUT2D eigenvalue weighted by Crippen LogP contribution is -2.25. The summed E-state index contributed by atoms with van der Waals surface area (Å²) in [7, 11) is 0. The zero-order valence-electron chi connectivity index (χ0n) is 12.4. The molecule has 0 atom stereocenters. The molecular formula is C18H20O2. The molecule has 2 aromatic carbocycles. The van der Waals surface area contributed by atoms with E-state index in [9.17, 15) is 4.79 Å². The molecule has 0 aliphatic rings. The second-order valence-electron chi connectivity index (χ2n) is 6.01. The van der Waals surface area contributed by atoms with E-state index in [0.29, 0.717) is 5.75 Å². The minimum absolute atomic E-state index is 0.224. The SMILES string of the molecule is Cc1ccc(OC(=O)C(C)(C)C)c(-c2ccccc2)c1. The fourth-order valence-electron chi connectivity index (χ4n) is 1.83. The smallest absolute Gasteiger partial charge is 0.316 e. The largest absolute Gasteiger partial charge is 0.425 e. The molecule has 2 nitrogen and oxygen atoms in total. The summed E-state index contributed by atoms with van der Waals surface area (Å²) in [6.45, 7) is 7.59. The summed E-state index contributed by atoms with van der Waals surface area (Å²) in [6.07, 6.45) is 0. The maximum Gasteiger partial charge on any atom is 0.316 e. The highest BCUT2D eigenvalue weighted by atomic mass is 16.5. The third-order valence-electron chi connectivity index (χ3n) is 3.03. The minimum Gasteiger partial charge on any atom is -0.425 e. The van der Waals surface area contributed by atoms with E-state index in [1.54, 1.807) is 0 Å². The highest BCUT2D eigenvalue weighted by Gasteiger charge is 2.24. The maximum atomic E-state index is 12.1. The second-order valence-corrected chi connectivity index (χ2v) is 6.01. The Kier molecular flexibility index (Phi) is 3.93. The van der Waals surface area contributed by atoms with Crippen LogP contribution in [0.15, 0.2) is 48.5 Å². The summed E-state index contributed by atoms with van der Waals surface area (Å²) in [5, 5.41) is 0. The predicted molar refractivity (Wildman–Crippen MR) is 81.7 cm³/mol. The topological polar surface area (TPSA) is 26.3 Å². The fraction of sp³-hybridized carbons (Fsp3) is 0.278. The summed E-state index contributed by atoms with van der Waals surface area (Å²) in [4.78, 5) is 12.1. The molecule has 0 N–H and O–H groups in total. The molecule has 2 heteroatoms. The monoisotopic (exact) mass is 268 g/mol. The van der Waals surface area contributed by atoms with Gasteiger partial charge in [0.15, 0.2) is 0 Å². The number of hydrogen-bond donors (Lipinski definition) is 0. The highest BCUT2D eigenvalue weighted by Crippen LogP contribution is 2.32. The molecular weight excluding hydrogens is 248 g/mol. The van der Waals surface area contributed by atoms with E-state index in [1.807, 2.05) is 76.2 Å². The van der Waals surface area contributed by atoms with Crippen molar-refractivity contribution in [2.75, 3.05) is 0 Å². The number of benzene rings is 2. The average molecular weight is 268 g/mol. The van der Waals surface area contributed by atoms with Crippen molar-refractivity contribution in [3.63, 3.8) is 0 Å². The number of carbonyl (C=O) groups is 1. The Morgan fingerprint density at radius 2 is 1.65 bits per heavy atom. The third kappa shape index (κ3) is 3.27. The van der Waals surface area contributed by atoms with E-state index in [0.717, 1.165) is 16.7 Å². The van der Waals surface area contributed by atoms with Crippen molar-refractivity contribution >= 4 is 5.97 Å². The van der Waals surface area contributed by atoms with Gasteiger partial charge in [0.2, 0.25) is 0 Å². The van der Waals surface area contributed by atoms with Crippen LogP contribution in [0.25, 0.3) is 11.1 Å². The first-order chi connectivity index (χ1) is 9.38. The highest BCUT2D eigenvalue weighted by molar-refractivity contribution is 5.81. The summed E-state index contributed by atoms with van der Waals surface area (Å²) in [5.74, 6) is 0.389. The number of aryl methyl sites for hydroxylation is 1. The first-order valence-corrected chi connectivity index (χ1v) is 6.76. The molecule has 0 saturated heterocycles. The normalized spacial score (nSPS) is 11.2. The molecule has 0 radical (unpaired) electrons. The van der Waals surface area contributed by atoms with Crippen LogP contribution in [0.4, 0.5) is 0 Å². The van der Waals surface area contributed by atoms with Crippen molar-refractivity contribution in [1.29, 1.82) is 0 Å². The molecule has 0 saturated carbocycles. The van der Waals surface area contributed by atoms with Crippen LogP contribution in [-0.2, 0) is 4.79 Å². The van der Waals surface area contributed by atoms with Crippen LogP contribution in [-0.4, -0.2) is 5.97 Å². The molecule has 0 aliphatic heterocycles. The van der Waals surface area contributed by atoms with Crippen molar-refractivity contribution < 1.29 is 9.53 Å². The molecule has 0 aromatic heterocycles. The fourth-order valence-corrected chi connectivity index (χ4v) is 1.83. The third-order valence-corrected chi connectivity index (χ3v) is 3.03. The van der Waals surface area contributed by atoms with Crippen LogP contribution >= 0.6 is 0 Å². The van der Waals surface area contributed by atoms with Crippen LogP contribution in [0.1, 0.15) is 26.3 Å². The van der Waals surface area contributed by atoms with Crippen LogP contribution < -0.4 is 4.74 Å². The standard InChI is InChI=1S/C18H20O2/c1-13-10-11-16(20-17(19)18(2,3)4)15(12-13)14-8-6-5-7-9-14/h5-12H,1-4H3. The summed E-state index contributed by atoms with van der Waals surface area (Å²) in [6, 6.07) is 15.8. The summed E-state index contributed by atoms with van der Waals surface area (Å²) in [5.41, 5.74) is 2.62. The Morgan fingerprint density at radius 3 is 2.25 bits per heavy atom. The Hall–Kier alpha value is -2.09. The molecule has 0 unspecified atom stereocenters. The lowest BCUT2D eigenvalue weighted by atomic mass is 9.97. The van der Waals surface area contributed by atoms with Crippen LogP contribution in [0.3, 0.4) is 0 Å². The van der Waals surface area contributed by atoms with E-state index in [4.69, 9.17) is 4.74 Å². The van der Waals surface area contributed by atoms with Gasteiger partial charge in [0.1, 0.15) is 5.75 Å². The van der Waals surface area contributed by atoms with E-state index in [2.05, 4.69) is 0 Å². The van der Waals surface area contributed by atoms with Crippen LogP contribution in [0, 0.1) is 12.3 Å². The molecule has 0 aliphatic carbocycles. The molecule has 0 heterocycles. The molecule has 0 bridgehead atoms. The van der Waals surface area contributed by atoms with Gasteiger partial charge in [-0.15, -0.1) is 0 Å². The lowest BCUT2D eigenvalue weighted by molar-refractivity contribution is -0.142. The molecule has 104 valence electrons. The molecule has 0 spiro atoms. The van der Waals surface area contributed by atoms with Crippen LogP contribution in [0.2, 0.25) is 0 Å². The summed E-state index contributed by atoms with van der Waals surface area (Å²) >= 11 is 0. The van der Waals surface area contributed by atoms with E-state index < -0.39 is 5.41 Å². The zero-order chi connectivity index (χ0) is 14.8. The molecule has 2 rings (SSSR count). The minimum atomic E-state index is -0.515. The van der Waals surface area contributed by atoms with Crippen molar-refractivity contribution in [3.05, 3.63) is 54.1 Å². The van der Waals surface area contributed by atoms with Gasteiger partial charge in [-0.25, -0.2) is 0 Å². The number of rotatable bonds is 2. The molecule has 0 amide bonds. The maximum absolute atomic E-state index is 12.1.